The molecular formula is C33H33F3N6O4. The number of rotatable bonds is 8. The van der Waals surface area contributed by atoms with Crippen LogP contribution in [0.25, 0.3) is 10.9 Å². The maximum atomic E-state index is 13.1. The number of hydrogen-bond acceptors (Lipinski definition) is 7. The Balaban J connectivity index is 1.08. The molecule has 13 heteroatoms. The first-order valence-electron chi connectivity index (χ1n) is 15.0. The summed E-state index contributed by atoms with van der Waals surface area (Å²) >= 11 is 0. The average molecular weight is 635 g/mol. The van der Waals surface area contributed by atoms with Gasteiger partial charge in [-0.1, -0.05) is 18.2 Å². The number of benzene rings is 3. The molecule has 4 aromatic rings. The fourth-order valence-corrected chi connectivity index (χ4v) is 5.95. The van der Waals surface area contributed by atoms with Crippen LogP contribution in [0, 0.1) is 0 Å². The topological polar surface area (TPSA) is 118 Å². The highest BCUT2D eigenvalue weighted by Gasteiger charge is 2.31. The molecule has 3 aromatic carbocycles. The van der Waals surface area contributed by atoms with Crippen molar-refractivity contribution < 1.29 is 32.3 Å². The van der Waals surface area contributed by atoms with E-state index in [0.717, 1.165) is 61.2 Å². The van der Waals surface area contributed by atoms with Crippen LogP contribution in [0.1, 0.15) is 53.2 Å². The van der Waals surface area contributed by atoms with E-state index in [1.165, 1.54) is 19.2 Å². The van der Waals surface area contributed by atoms with Gasteiger partial charge in [-0.25, -0.2) is 0 Å². The third kappa shape index (κ3) is 6.99. The normalized spacial score (nSPS) is 18.0. The lowest BCUT2D eigenvalue weighted by Crippen LogP contribution is -2.47. The Morgan fingerprint density at radius 3 is 2.57 bits per heavy atom. The number of hydrogen-bond donors (Lipinski definition) is 3. The van der Waals surface area contributed by atoms with Crippen molar-refractivity contribution in [3.05, 3.63) is 83.6 Å². The number of ether oxygens (including phenoxy) is 1. The first-order chi connectivity index (χ1) is 22.1. The van der Waals surface area contributed by atoms with Crippen LogP contribution in [-0.4, -0.2) is 58.6 Å². The van der Waals surface area contributed by atoms with E-state index in [1.54, 1.807) is 12.1 Å². The molecule has 0 radical (unpaired) electrons. The zero-order chi connectivity index (χ0) is 32.4. The van der Waals surface area contributed by atoms with Crippen molar-refractivity contribution in [1.29, 1.82) is 0 Å². The number of amides is 3. The molecule has 0 saturated carbocycles. The van der Waals surface area contributed by atoms with Crippen LogP contribution in [0.5, 0.6) is 5.75 Å². The summed E-state index contributed by atoms with van der Waals surface area (Å²) in [5, 5.41) is 13.8. The lowest BCUT2D eigenvalue weighted by molar-refractivity contribution is -0.137. The highest BCUT2D eigenvalue weighted by atomic mass is 19.4. The van der Waals surface area contributed by atoms with Crippen molar-refractivity contribution in [3.63, 3.8) is 0 Å². The molecule has 1 aromatic heterocycles. The molecular weight excluding hydrogens is 601 g/mol. The average Bonchev–Trinajstić information content (AvgIpc) is 3.45. The zero-order valence-electron chi connectivity index (χ0n) is 25.1. The Hall–Kier alpha value is -4.91. The van der Waals surface area contributed by atoms with E-state index in [9.17, 15) is 27.6 Å². The maximum Gasteiger partial charge on any atom is 0.416 e. The lowest BCUT2D eigenvalue weighted by atomic mass is 10.0. The minimum absolute atomic E-state index is 0.114. The van der Waals surface area contributed by atoms with E-state index in [0.29, 0.717) is 29.8 Å². The first kappa shape index (κ1) is 31.1. The van der Waals surface area contributed by atoms with E-state index >= 15 is 0 Å². The number of likely N-dealkylation sites (tertiary alicyclic amines) is 1. The summed E-state index contributed by atoms with van der Waals surface area (Å²) in [6, 6.07) is 15.4. The summed E-state index contributed by atoms with van der Waals surface area (Å²) in [5.74, 6) is -0.874. The second kappa shape index (κ2) is 12.8. The van der Waals surface area contributed by atoms with Crippen LogP contribution in [0.15, 0.2) is 66.9 Å². The molecule has 46 heavy (non-hydrogen) atoms. The van der Waals surface area contributed by atoms with Gasteiger partial charge in [0.2, 0.25) is 11.8 Å². The van der Waals surface area contributed by atoms with Gasteiger partial charge in [0.05, 0.1) is 29.9 Å². The Bertz CT molecular complexity index is 1780. The minimum atomic E-state index is -4.56. The van der Waals surface area contributed by atoms with E-state index in [2.05, 4.69) is 26.9 Å². The smallest absolute Gasteiger partial charge is 0.416 e. The second-order valence-corrected chi connectivity index (χ2v) is 11.6. The van der Waals surface area contributed by atoms with Crippen molar-refractivity contribution in [2.24, 2.45) is 0 Å². The predicted octanol–water partition coefficient (Wildman–Crippen LogP) is 5.37. The van der Waals surface area contributed by atoms with Gasteiger partial charge in [0, 0.05) is 55.0 Å². The van der Waals surface area contributed by atoms with Gasteiger partial charge in [0.15, 0.2) is 0 Å². The molecule has 2 saturated heterocycles. The standard InChI is InChI=1S/C33H33F3N6O4/c1-46-29-17-27-22(16-28(29)38-31(44)21-5-3-6-23(15-21)33(34,35)36)19-42(40-27)25-10-12-41(13-11-25)18-20-4-2-7-24(14-20)37-26-8-9-30(43)39-32(26)45/h2-7,14-17,19,25-26,37H,8-13,18H2,1H3,(H,38,44)(H,39,43,45). The molecule has 6 rings (SSSR count). The largest absolute Gasteiger partial charge is 0.494 e. The van der Waals surface area contributed by atoms with Crippen molar-refractivity contribution in [2.75, 3.05) is 30.8 Å². The molecule has 0 bridgehead atoms. The summed E-state index contributed by atoms with van der Waals surface area (Å²) in [6.07, 6.45) is -0.110. The number of nitrogens with one attached hydrogen (secondary N) is 3. The molecule has 3 N–H and O–H groups in total. The number of anilines is 2. The number of imide groups is 1. The fraction of sp³-hybridized carbons (Fsp3) is 0.333. The second-order valence-electron chi connectivity index (χ2n) is 11.6. The quantitative estimate of drug-likeness (QED) is 0.223. The SMILES string of the molecule is COc1cc2nn(C3CCN(Cc4cccc(NC5CCC(=O)NC5=O)c4)CC3)cc2cc1NC(=O)c1cccc(C(F)(F)F)c1. The van der Waals surface area contributed by atoms with Gasteiger partial charge < -0.3 is 15.4 Å². The van der Waals surface area contributed by atoms with Crippen LogP contribution in [-0.2, 0) is 22.3 Å². The van der Waals surface area contributed by atoms with E-state index in [-0.39, 0.29) is 23.4 Å². The Labute approximate surface area is 262 Å². The van der Waals surface area contributed by atoms with E-state index < -0.39 is 23.7 Å². The van der Waals surface area contributed by atoms with E-state index in [1.807, 2.05) is 29.1 Å². The van der Waals surface area contributed by atoms with Gasteiger partial charge in [-0.05, 0) is 61.2 Å². The van der Waals surface area contributed by atoms with Crippen molar-refractivity contribution in [3.8, 4) is 5.75 Å². The van der Waals surface area contributed by atoms with Crippen molar-refractivity contribution in [2.45, 2.75) is 50.5 Å². The van der Waals surface area contributed by atoms with Gasteiger partial charge in [-0.2, -0.15) is 18.3 Å². The molecule has 10 nitrogen and oxygen atoms in total. The maximum absolute atomic E-state index is 13.1. The Morgan fingerprint density at radius 1 is 1.04 bits per heavy atom. The van der Waals surface area contributed by atoms with Gasteiger partial charge in [-0.3, -0.25) is 29.3 Å². The zero-order valence-corrected chi connectivity index (χ0v) is 25.1. The summed E-state index contributed by atoms with van der Waals surface area (Å²) < 4.78 is 46.8. The number of alkyl halides is 3. The van der Waals surface area contributed by atoms with Crippen molar-refractivity contribution in [1.82, 2.24) is 20.0 Å². The Kier molecular flexibility index (Phi) is 8.67. The number of piperidine rings is 2. The number of carbonyl (C=O) groups excluding carboxylic acids is 3. The highest BCUT2D eigenvalue weighted by molar-refractivity contribution is 6.06. The van der Waals surface area contributed by atoms with Crippen LogP contribution in [0.3, 0.4) is 0 Å². The summed E-state index contributed by atoms with van der Waals surface area (Å²) in [5.41, 5.74) is 1.96. The van der Waals surface area contributed by atoms with E-state index in [4.69, 9.17) is 9.84 Å². The molecule has 0 aliphatic carbocycles. The van der Waals surface area contributed by atoms with Gasteiger partial charge in [0.25, 0.3) is 5.91 Å². The molecule has 1 atom stereocenters. The Morgan fingerprint density at radius 2 is 1.83 bits per heavy atom. The van der Waals surface area contributed by atoms with Crippen LogP contribution >= 0.6 is 0 Å². The minimum Gasteiger partial charge on any atom is -0.494 e. The fourth-order valence-electron chi connectivity index (χ4n) is 5.95. The van der Waals surface area contributed by atoms with Crippen molar-refractivity contribution >= 4 is 40.0 Å². The molecule has 1 unspecified atom stereocenters. The molecule has 2 fully saturated rings. The predicted molar refractivity (Wildman–Crippen MR) is 165 cm³/mol. The molecule has 3 heterocycles. The molecule has 240 valence electrons. The van der Waals surface area contributed by atoms with Crippen LogP contribution in [0.4, 0.5) is 24.5 Å². The van der Waals surface area contributed by atoms with Gasteiger partial charge in [-0.15, -0.1) is 0 Å². The highest BCUT2D eigenvalue weighted by Crippen LogP contribution is 2.33. The van der Waals surface area contributed by atoms with Crippen LogP contribution in [0.2, 0.25) is 0 Å². The molecule has 3 amide bonds. The molecule has 2 aliphatic rings. The molecule has 0 spiro atoms. The summed E-state index contributed by atoms with van der Waals surface area (Å²) in [6.45, 7) is 2.46. The first-order valence-corrected chi connectivity index (χ1v) is 15.0. The monoisotopic (exact) mass is 634 g/mol. The third-order valence-corrected chi connectivity index (χ3v) is 8.39. The number of carbonyl (C=O) groups is 3. The molecule has 2 aliphatic heterocycles. The number of halogens is 3. The number of nitrogens with zero attached hydrogens (tertiary/aromatic N) is 3. The number of fused-ring (bicyclic) bond motifs is 1. The summed E-state index contributed by atoms with van der Waals surface area (Å²) in [4.78, 5) is 38.8. The lowest BCUT2D eigenvalue weighted by Gasteiger charge is -2.32. The van der Waals surface area contributed by atoms with Crippen LogP contribution < -0.4 is 20.7 Å². The summed E-state index contributed by atoms with van der Waals surface area (Å²) in [7, 11) is 1.45. The van der Waals surface area contributed by atoms with Gasteiger partial charge in [0.1, 0.15) is 11.8 Å². The number of methoxy groups -OCH3 is 1. The van der Waals surface area contributed by atoms with Gasteiger partial charge >= 0.3 is 6.18 Å². The number of aromatic nitrogens is 2. The third-order valence-electron chi connectivity index (χ3n) is 8.39.